The fourth-order valence-corrected chi connectivity index (χ4v) is 4.99. The second-order valence-corrected chi connectivity index (χ2v) is 8.24. The number of rotatable bonds is 4. The number of amides is 1. The van der Waals surface area contributed by atoms with Crippen LogP contribution in [0.1, 0.15) is 54.5 Å². The van der Waals surface area contributed by atoms with E-state index in [4.69, 9.17) is 9.47 Å². The van der Waals surface area contributed by atoms with E-state index in [0.717, 1.165) is 50.1 Å². The lowest BCUT2D eigenvalue weighted by molar-refractivity contribution is -0.123. The Hall–Kier alpha value is -2.53. The normalized spacial score (nSPS) is 23.4. The van der Waals surface area contributed by atoms with E-state index in [-0.39, 0.29) is 18.0 Å². The Morgan fingerprint density at radius 1 is 1.03 bits per heavy atom. The summed E-state index contributed by atoms with van der Waals surface area (Å²) in [4.78, 5) is 15.2. The summed E-state index contributed by atoms with van der Waals surface area (Å²) in [6.07, 6.45) is 5.44. The molecule has 1 amide bonds. The first-order chi connectivity index (χ1) is 14.3. The van der Waals surface area contributed by atoms with E-state index in [0.29, 0.717) is 19.8 Å². The maximum atomic E-state index is 12.9. The number of ether oxygens (including phenoxy) is 2. The van der Waals surface area contributed by atoms with Crippen LogP contribution in [0.5, 0.6) is 11.5 Å². The van der Waals surface area contributed by atoms with Gasteiger partial charge in [-0.1, -0.05) is 30.3 Å². The van der Waals surface area contributed by atoms with Gasteiger partial charge in [-0.2, -0.15) is 0 Å². The lowest BCUT2D eigenvalue weighted by Crippen LogP contribution is -2.39. The van der Waals surface area contributed by atoms with Gasteiger partial charge in [0.15, 0.2) is 11.5 Å². The molecule has 5 rings (SSSR count). The highest BCUT2D eigenvalue weighted by molar-refractivity contribution is 5.78. The minimum Gasteiger partial charge on any atom is -0.486 e. The zero-order chi connectivity index (χ0) is 19.6. The first kappa shape index (κ1) is 18.5. The fraction of sp³-hybridized carbons (Fsp3) is 0.458. The number of hydrogen-bond donors (Lipinski definition) is 1. The molecular weight excluding hydrogens is 364 g/mol. The first-order valence-electron chi connectivity index (χ1n) is 10.8. The smallest absolute Gasteiger partial charge is 0.234 e. The fourth-order valence-electron chi connectivity index (χ4n) is 4.99. The molecule has 1 fully saturated rings. The van der Waals surface area contributed by atoms with E-state index < -0.39 is 0 Å². The topological polar surface area (TPSA) is 50.8 Å². The van der Waals surface area contributed by atoms with Crippen LogP contribution in [0.25, 0.3) is 0 Å². The van der Waals surface area contributed by atoms with Crippen molar-refractivity contribution < 1.29 is 14.3 Å². The third kappa shape index (κ3) is 3.84. The molecule has 2 aromatic rings. The molecule has 5 heteroatoms. The van der Waals surface area contributed by atoms with Crippen molar-refractivity contribution in [3.05, 3.63) is 59.2 Å². The molecule has 0 aromatic heterocycles. The van der Waals surface area contributed by atoms with Crippen LogP contribution in [0, 0.1) is 0 Å². The van der Waals surface area contributed by atoms with Gasteiger partial charge in [-0.15, -0.1) is 0 Å². The van der Waals surface area contributed by atoms with Gasteiger partial charge in [-0.3, -0.25) is 9.69 Å². The van der Waals surface area contributed by atoms with Gasteiger partial charge in [0.2, 0.25) is 5.91 Å². The molecule has 0 bridgehead atoms. The summed E-state index contributed by atoms with van der Waals surface area (Å²) in [5, 5.41) is 3.30. The van der Waals surface area contributed by atoms with Crippen LogP contribution in [-0.2, 0) is 11.2 Å². The van der Waals surface area contributed by atoms with Crippen LogP contribution < -0.4 is 14.8 Å². The van der Waals surface area contributed by atoms with Crippen molar-refractivity contribution in [2.75, 3.05) is 26.3 Å². The molecule has 2 heterocycles. The predicted octanol–water partition coefficient (Wildman–Crippen LogP) is 3.79. The molecule has 0 spiro atoms. The predicted molar refractivity (Wildman–Crippen MR) is 111 cm³/mol. The summed E-state index contributed by atoms with van der Waals surface area (Å²) >= 11 is 0. The molecule has 2 aliphatic heterocycles. The molecule has 29 heavy (non-hydrogen) atoms. The Kier molecular flexibility index (Phi) is 5.15. The molecule has 0 saturated carbocycles. The number of nitrogens with one attached hydrogen (secondary N) is 1. The molecule has 1 aliphatic carbocycles. The second-order valence-electron chi connectivity index (χ2n) is 8.24. The average molecular weight is 392 g/mol. The monoisotopic (exact) mass is 392 g/mol. The van der Waals surface area contributed by atoms with E-state index in [1.165, 1.54) is 16.7 Å². The zero-order valence-corrected chi connectivity index (χ0v) is 16.7. The van der Waals surface area contributed by atoms with Gasteiger partial charge in [-0.05, 0) is 67.5 Å². The number of carbonyl (C=O) groups excluding carboxylic acids is 1. The van der Waals surface area contributed by atoms with Crippen LogP contribution in [0.4, 0.5) is 0 Å². The van der Waals surface area contributed by atoms with Gasteiger partial charge < -0.3 is 14.8 Å². The van der Waals surface area contributed by atoms with Crippen LogP contribution in [-0.4, -0.2) is 37.1 Å². The van der Waals surface area contributed by atoms with Crippen LogP contribution in [0.2, 0.25) is 0 Å². The first-order valence-corrected chi connectivity index (χ1v) is 10.8. The highest BCUT2D eigenvalue weighted by Crippen LogP contribution is 2.38. The molecule has 5 nitrogen and oxygen atoms in total. The van der Waals surface area contributed by atoms with Crippen LogP contribution in [0.3, 0.4) is 0 Å². The highest BCUT2D eigenvalue weighted by atomic mass is 16.6. The number of fused-ring (bicyclic) bond motifs is 2. The maximum absolute atomic E-state index is 12.9. The van der Waals surface area contributed by atoms with Gasteiger partial charge in [0.1, 0.15) is 13.2 Å². The zero-order valence-electron chi connectivity index (χ0n) is 16.7. The van der Waals surface area contributed by atoms with Crippen molar-refractivity contribution in [1.29, 1.82) is 0 Å². The molecule has 1 N–H and O–H groups in total. The Bertz CT molecular complexity index is 897. The molecule has 3 aliphatic rings. The van der Waals surface area contributed by atoms with Crippen molar-refractivity contribution in [2.24, 2.45) is 0 Å². The minimum absolute atomic E-state index is 0.121. The van der Waals surface area contributed by atoms with E-state index in [2.05, 4.69) is 46.6 Å². The van der Waals surface area contributed by atoms with Crippen molar-refractivity contribution in [2.45, 2.75) is 44.2 Å². The van der Waals surface area contributed by atoms with Gasteiger partial charge in [0.25, 0.3) is 0 Å². The minimum atomic E-state index is 0.121. The average Bonchev–Trinajstić information content (AvgIpc) is 3.21. The molecule has 0 unspecified atom stereocenters. The van der Waals surface area contributed by atoms with Gasteiger partial charge >= 0.3 is 0 Å². The van der Waals surface area contributed by atoms with Crippen LogP contribution >= 0.6 is 0 Å². The summed E-state index contributed by atoms with van der Waals surface area (Å²) in [5.41, 5.74) is 3.87. The molecule has 0 radical (unpaired) electrons. The van der Waals surface area contributed by atoms with Crippen molar-refractivity contribution >= 4 is 5.91 Å². The Morgan fingerprint density at radius 3 is 2.83 bits per heavy atom. The summed E-state index contributed by atoms with van der Waals surface area (Å²) in [6, 6.07) is 15.1. The van der Waals surface area contributed by atoms with Crippen molar-refractivity contribution in [3.8, 4) is 11.5 Å². The number of likely N-dealkylation sites (tertiary alicyclic amines) is 1. The number of hydrogen-bond acceptors (Lipinski definition) is 4. The Balaban J connectivity index is 1.26. The molecule has 152 valence electrons. The molecule has 1 saturated heterocycles. The van der Waals surface area contributed by atoms with Crippen molar-refractivity contribution in [3.63, 3.8) is 0 Å². The van der Waals surface area contributed by atoms with Gasteiger partial charge in [0.05, 0.1) is 12.6 Å². The lowest BCUT2D eigenvalue weighted by atomic mass is 9.88. The molecule has 2 atom stereocenters. The van der Waals surface area contributed by atoms with Crippen LogP contribution in [0.15, 0.2) is 42.5 Å². The number of carbonyl (C=O) groups is 1. The number of aryl methyl sites for hydroxylation is 1. The Labute approximate surface area is 172 Å². The number of nitrogens with zero attached hydrogens (tertiary/aromatic N) is 1. The van der Waals surface area contributed by atoms with Crippen molar-refractivity contribution in [1.82, 2.24) is 10.2 Å². The number of benzene rings is 2. The van der Waals surface area contributed by atoms with E-state index in [1.54, 1.807) is 0 Å². The SMILES string of the molecule is O=C(CN1CCC[C@@H]1c1ccc2c(c1)OCCO2)N[C@H]1CCCc2ccccc21. The summed E-state index contributed by atoms with van der Waals surface area (Å²) in [7, 11) is 0. The quantitative estimate of drug-likeness (QED) is 0.860. The standard InChI is InChI=1S/C24H28N2O3/c27-24(25-20-8-3-6-17-5-1-2-7-19(17)20)16-26-12-4-9-21(26)18-10-11-22-23(15-18)29-14-13-28-22/h1-2,5,7,10-11,15,20-21H,3-4,6,8-9,12-14,16H2,(H,25,27)/t20-,21+/m0/s1. The lowest BCUT2D eigenvalue weighted by Gasteiger charge is -2.29. The third-order valence-electron chi connectivity index (χ3n) is 6.37. The van der Waals surface area contributed by atoms with Gasteiger partial charge in [-0.25, -0.2) is 0 Å². The summed E-state index contributed by atoms with van der Waals surface area (Å²) < 4.78 is 11.4. The highest BCUT2D eigenvalue weighted by Gasteiger charge is 2.30. The maximum Gasteiger partial charge on any atom is 0.234 e. The molecule has 2 aromatic carbocycles. The third-order valence-corrected chi connectivity index (χ3v) is 6.37. The second kappa shape index (κ2) is 8.07. The largest absolute Gasteiger partial charge is 0.486 e. The summed E-state index contributed by atoms with van der Waals surface area (Å²) in [5.74, 6) is 1.76. The van der Waals surface area contributed by atoms with E-state index >= 15 is 0 Å². The Morgan fingerprint density at radius 2 is 1.90 bits per heavy atom. The van der Waals surface area contributed by atoms with Gasteiger partial charge in [0, 0.05) is 6.04 Å². The van der Waals surface area contributed by atoms with E-state index in [1.807, 2.05) is 6.07 Å². The molecular formula is C24H28N2O3. The summed E-state index contributed by atoms with van der Waals surface area (Å²) in [6.45, 7) is 2.59. The van der Waals surface area contributed by atoms with E-state index in [9.17, 15) is 4.79 Å².